The minimum atomic E-state index is -1.23. The minimum Gasteiger partial charge on any atom is -0.327 e. The van der Waals surface area contributed by atoms with Crippen LogP contribution in [0.15, 0.2) is 0 Å². The molecule has 2 nitrogen and oxygen atoms in total. The van der Waals surface area contributed by atoms with Crippen LogP contribution in [0.3, 0.4) is 0 Å². The topological polar surface area (TPSA) is 20.3 Å². The van der Waals surface area contributed by atoms with Gasteiger partial charge in [-0.1, -0.05) is 6.92 Å². The third kappa shape index (κ3) is 6.07. The summed E-state index contributed by atoms with van der Waals surface area (Å²) in [5.41, 5.74) is 0. The van der Waals surface area contributed by atoms with Gasteiger partial charge in [-0.05, 0) is 20.3 Å². The number of hydrogen-bond acceptors (Lipinski definition) is 2. The maximum Gasteiger partial charge on any atom is 0.0745 e. The lowest BCUT2D eigenvalue weighted by Crippen LogP contribution is -2.20. The van der Waals surface area contributed by atoms with Gasteiger partial charge in [0.2, 0.25) is 0 Å². The van der Waals surface area contributed by atoms with Gasteiger partial charge in [0.15, 0.2) is 0 Å². The molecule has 0 saturated carbocycles. The molecule has 0 fully saturated rings. The van der Waals surface area contributed by atoms with E-state index in [1.165, 1.54) is 0 Å². The molecule has 0 saturated heterocycles. The van der Waals surface area contributed by atoms with E-state index in [0.717, 1.165) is 19.3 Å². The van der Waals surface area contributed by atoms with E-state index in [-0.39, 0.29) is 0 Å². The average Bonchev–Trinajstić information content (AvgIpc) is 1.83. The minimum absolute atomic E-state index is 0.870. The fourth-order valence-electron chi connectivity index (χ4n) is 0.506. The molecule has 9 heavy (non-hydrogen) atoms. The first-order valence-corrected chi connectivity index (χ1v) is 5.46. The van der Waals surface area contributed by atoms with Crippen molar-refractivity contribution in [1.29, 1.82) is 0 Å². The molecule has 0 aromatic rings. The van der Waals surface area contributed by atoms with Gasteiger partial charge in [-0.15, -0.1) is 0 Å². The monoisotopic (exact) mass is 149 g/mol. The van der Waals surface area contributed by atoms with Crippen molar-refractivity contribution in [1.82, 2.24) is 4.90 Å². The summed E-state index contributed by atoms with van der Waals surface area (Å²) in [6, 6.07) is 0. The summed E-state index contributed by atoms with van der Waals surface area (Å²) >= 11 is 0. The first-order chi connectivity index (χ1) is 4.16. The summed E-state index contributed by atoms with van der Waals surface area (Å²) in [7, 11) is 0.815. The van der Waals surface area contributed by atoms with Crippen LogP contribution >= 0.6 is 7.80 Å². The average molecular weight is 149 g/mol. The van der Waals surface area contributed by atoms with Crippen LogP contribution in [0.25, 0.3) is 0 Å². The quantitative estimate of drug-likeness (QED) is 0.558. The molecule has 0 radical (unpaired) electrons. The zero-order valence-electron chi connectivity index (χ0n) is 6.48. The first kappa shape index (κ1) is 9.19. The highest BCUT2D eigenvalue weighted by Gasteiger charge is 1.94. The molecule has 0 bridgehead atoms. The smallest absolute Gasteiger partial charge is 0.0745 e. The van der Waals surface area contributed by atoms with Crippen LogP contribution in [-0.4, -0.2) is 37.9 Å². The second kappa shape index (κ2) is 5.01. The summed E-state index contributed by atoms with van der Waals surface area (Å²) in [4.78, 5) is 2.17. The maximum atomic E-state index is 10.6. The molecule has 0 spiro atoms. The van der Waals surface area contributed by atoms with Crippen LogP contribution in [0.2, 0.25) is 0 Å². The molecule has 0 aliphatic rings. The second-order valence-corrected chi connectivity index (χ2v) is 4.25. The van der Waals surface area contributed by atoms with E-state index in [2.05, 4.69) is 11.8 Å². The highest BCUT2D eigenvalue weighted by Crippen LogP contribution is 2.11. The molecule has 0 heterocycles. The number of nitrogens with zero attached hydrogens (tertiary/aromatic N) is 1. The Morgan fingerprint density at radius 1 is 1.56 bits per heavy atom. The van der Waals surface area contributed by atoms with E-state index in [4.69, 9.17) is 0 Å². The zero-order chi connectivity index (χ0) is 7.28. The molecule has 1 unspecified atom stereocenters. The largest absolute Gasteiger partial charge is 0.327 e. The summed E-state index contributed by atoms with van der Waals surface area (Å²) in [6.07, 6.45) is 0.870. The molecular formula is C6H16NOP. The van der Waals surface area contributed by atoms with Crippen molar-refractivity contribution in [3.05, 3.63) is 0 Å². The maximum absolute atomic E-state index is 10.6. The molecule has 0 aliphatic carbocycles. The van der Waals surface area contributed by atoms with Crippen LogP contribution in [0, 0.1) is 0 Å². The van der Waals surface area contributed by atoms with Crippen molar-refractivity contribution in [2.24, 2.45) is 0 Å². The Morgan fingerprint density at radius 2 is 2.11 bits per heavy atom. The Balaban J connectivity index is 3.16. The van der Waals surface area contributed by atoms with Crippen LogP contribution < -0.4 is 0 Å². The Bertz CT molecular complexity index is 95.1. The molecule has 56 valence electrons. The van der Waals surface area contributed by atoms with E-state index in [1.54, 1.807) is 0 Å². The van der Waals surface area contributed by atoms with E-state index in [9.17, 15) is 4.57 Å². The fraction of sp³-hybridized carbons (Fsp3) is 1.00. The Kier molecular flexibility index (Phi) is 5.12. The summed E-state index contributed by atoms with van der Waals surface area (Å²) < 4.78 is 10.6. The van der Waals surface area contributed by atoms with E-state index >= 15 is 0 Å². The van der Waals surface area contributed by atoms with Crippen LogP contribution in [0.5, 0.6) is 0 Å². The van der Waals surface area contributed by atoms with Gasteiger partial charge in [0.25, 0.3) is 0 Å². The normalized spacial score (nSPS) is 14.2. The summed E-state index contributed by atoms with van der Waals surface area (Å²) in [6.45, 7) is 5.95. The molecule has 0 aromatic carbocycles. The lowest BCUT2D eigenvalue weighted by molar-refractivity contribution is 0.374. The first-order valence-electron chi connectivity index (χ1n) is 3.34. The van der Waals surface area contributed by atoms with Crippen molar-refractivity contribution in [3.8, 4) is 0 Å². The highest BCUT2D eigenvalue weighted by molar-refractivity contribution is 7.43. The number of rotatable bonds is 4. The van der Waals surface area contributed by atoms with Gasteiger partial charge >= 0.3 is 0 Å². The van der Waals surface area contributed by atoms with Crippen molar-refractivity contribution in [3.63, 3.8) is 0 Å². The van der Waals surface area contributed by atoms with Crippen LogP contribution in [-0.2, 0) is 4.57 Å². The zero-order valence-corrected chi connectivity index (χ0v) is 7.48. The predicted molar refractivity (Wildman–Crippen MR) is 43.0 cm³/mol. The number of hydrogen-bond donors (Lipinski definition) is 0. The third-order valence-electron chi connectivity index (χ3n) is 1.39. The Morgan fingerprint density at radius 3 is 2.44 bits per heavy atom. The highest BCUT2D eigenvalue weighted by atomic mass is 31.1. The van der Waals surface area contributed by atoms with Gasteiger partial charge in [-0.2, -0.15) is 0 Å². The molecule has 0 amide bonds. The Hall–Kier alpha value is 0.190. The molecular weight excluding hydrogens is 133 g/mol. The molecule has 0 aromatic heterocycles. The molecule has 0 rings (SSSR count). The molecule has 1 atom stereocenters. The van der Waals surface area contributed by atoms with Gasteiger partial charge in [0.1, 0.15) is 0 Å². The summed E-state index contributed by atoms with van der Waals surface area (Å²) in [5, 5.41) is 0. The lowest BCUT2D eigenvalue weighted by Gasteiger charge is -2.11. The summed E-state index contributed by atoms with van der Waals surface area (Å²) in [5.74, 6) is 0. The van der Waals surface area contributed by atoms with Crippen LogP contribution in [0.4, 0.5) is 0 Å². The van der Waals surface area contributed by atoms with Gasteiger partial charge in [-0.3, -0.25) is 0 Å². The predicted octanol–water partition coefficient (Wildman–Crippen LogP) is 1.13. The molecule has 3 heteroatoms. The van der Waals surface area contributed by atoms with E-state index in [0.29, 0.717) is 0 Å². The fourth-order valence-corrected chi connectivity index (χ4v) is 1.20. The lowest BCUT2D eigenvalue weighted by atomic mass is 10.6. The van der Waals surface area contributed by atoms with Gasteiger partial charge in [0.05, 0.1) is 7.80 Å². The van der Waals surface area contributed by atoms with Crippen molar-refractivity contribution in [2.45, 2.75) is 6.92 Å². The van der Waals surface area contributed by atoms with Crippen molar-refractivity contribution >= 4 is 7.80 Å². The van der Waals surface area contributed by atoms with Gasteiger partial charge in [0, 0.05) is 12.7 Å². The SMILES string of the molecule is CCN(C)CC[PH](C)=O. The van der Waals surface area contributed by atoms with Gasteiger partial charge < -0.3 is 9.46 Å². The third-order valence-corrected chi connectivity index (χ3v) is 2.31. The molecule has 0 N–H and O–H groups in total. The standard InChI is InChI=1S/C6H16NOP/c1-4-7(2)5-6-9(3)8/h9H,4-6H2,1-3H3. The van der Waals surface area contributed by atoms with Crippen molar-refractivity contribution < 1.29 is 4.57 Å². The van der Waals surface area contributed by atoms with Crippen LogP contribution in [0.1, 0.15) is 6.92 Å². The molecule has 0 aliphatic heterocycles. The second-order valence-electron chi connectivity index (χ2n) is 2.35. The van der Waals surface area contributed by atoms with Crippen molar-refractivity contribution in [2.75, 3.05) is 33.0 Å². The van der Waals surface area contributed by atoms with Gasteiger partial charge in [-0.25, -0.2) is 0 Å². The Labute approximate surface area is 58.0 Å². The van der Waals surface area contributed by atoms with E-state index in [1.807, 2.05) is 13.7 Å². The van der Waals surface area contributed by atoms with E-state index < -0.39 is 7.80 Å².